The third kappa shape index (κ3) is 2.19. The molecule has 19 heavy (non-hydrogen) atoms. The lowest BCUT2D eigenvalue weighted by Crippen LogP contribution is -2.13. The van der Waals surface area contributed by atoms with Gasteiger partial charge in [0.05, 0.1) is 6.10 Å². The highest BCUT2D eigenvalue weighted by Gasteiger charge is 2.56. The maximum Gasteiger partial charge on any atom is 0.118 e. The van der Waals surface area contributed by atoms with Crippen molar-refractivity contribution in [3.63, 3.8) is 0 Å². The van der Waals surface area contributed by atoms with Crippen LogP contribution in [-0.4, -0.2) is 6.10 Å². The lowest BCUT2D eigenvalue weighted by atomic mass is 9.87. The molecule has 98 valence electrons. The van der Waals surface area contributed by atoms with Crippen LogP contribution in [0.3, 0.4) is 0 Å². The first-order valence-electron chi connectivity index (χ1n) is 6.91. The molecule has 1 heterocycles. The number of hydrogen-bond donors (Lipinski definition) is 0. The van der Waals surface area contributed by atoms with Gasteiger partial charge < -0.3 is 4.74 Å². The van der Waals surface area contributed by atoms with Gasteiger partial charge in [-0.1, -0.05) is 67.1 Å². The first-order valence-corrected chi connectivity index (χ1v) is 6.91. The predicted molar refractivity (Wildman–Crippen MR) is 78.3 cm³/mol. The van der Waals surface area contributed by atoms with Crippen molar-refractivity contribution in [2.45, 2.75) is 38.4 Å². The van der Waals surface area contributed by atoms with E-state index in [0.29, 0.717) is 5.92 Å². The fraction of sp³-hybridized carbons (Fsp3) is 0.333. The van der Waals surface area contributed by atoms with Crippen molar-refractivity contribution >= 4 is 0 Å². The number of ether oxygens (including phenoxy) is 1. The normalized spacial score (nSPS) is 27.0. The Morgan fingerprint density at radius 2 is 1.63 bits per heavy atom. The third-order valence-corrected chi connectivity index (χ3v) is 4.26. The molecule has 0 saturated carbocycles. The van der Waals surface area contributed by atoms with Gasteiger partial charge in [-0.15, -0.1) is 0 Å². The highest BCUT2D eigenvalue weighted by atomic mass is 16.6. The van der Waals surface area contributed by atoms with E-state index in [-0.39, 0.29) is 11.7 Å². The van der Waals surface area contributed by atoms with Gasteiger partial charge in [0.15, 0.2) is 0 Å². The van der Waals surface area contributed by atoms with Crippen molar-refractivity contribution in [2.24, 2.45) is 0 Å². The Kier molecular flexibility index (Phi) is 2.94. The molecule has 1 saturated heterocycles. The van der Waals surface area contributed by atoms with Crippen LogP contribution in [0.4, 0.5) is 0 Å². The predicted octanol–water partition coefficient (Wildman–Crippen LogP) is 4.41. The van der Waals surface area contributed by atoms with Crippen LogP contribution in [0.5, 0.6) is 0 Å². The van der Waals surface area contributed by atoms with Gasteiger partial charge in [-0.2, -0.15) is 0 Å². The first-order chi connectivity index (χ1) is 9.11. The van der Waals surface area contributed by atoms with Crippen molar-refractivity contribution in [3.8, 4) is 0 Å². The summed E-state index contributed by atoms with van der Waals surface area (Å²) in [6.45, 7) is 6.57. The summed E-state index contributed by atoms with van der Waals surface area (Å²) in [6.07, 6.45) is 0.276. The monoisotopic (exact) mass is 252 g/mol. The Hall–Kier alpha value is -1.60. The van der Waals surface area contributed by atoms with Gasteiger partial charge in [0, 0.05) is 5.92 Å². The minimum absolute atomic E-state index is 0.119. The topological polar surface area (TPSA) is 12.5 Å². The van der Waals surface area contributed by atoms with Crippen LogP contribution in [0.15, 0.2) is 54.6 Å². The third-order valence-electron chi connectivity index (χ3n) is 4.26. The van der Waals surface area contributed by atoms with Crippen molar-refractivity contribution in [1.82, 2.24) is 0 Å². The molecule has 3 rings (SSSR count). The Morgan fingerprint density at radius 3 is 2.26 bits per heavy atom. The van der Waals surface area contributed by atoms with E-state index in [1.54, 1.807) is 0 Å². The standard InChI is InChI=1S/C18H20O/c1-13-9-11-15(12-10-13)14(2)17-18(3,19-17)16-7-5-4-6-8-16/h4-12,14,17H,1-3H3. The van der Waals surface area contributed by atoms with E-state index in [0.717, 1.165) is 0 Å². The molecule has 0 spiro atoms. The van der Waals surface area contributed by atoms with Crippen LogP contribution in [-0.2, 0) is 10.3 Å². The number of rotatable bonds is 3. The van der Waals surface area contributed by atoms with Gasteiger partial charge in [-0.05, 0) is 25.0 Å². The summed E-state index contributed by atoms with van der Waals surface area (Å²) < 4.78 is 6.04. The largest absolute Gasteiger partial charge is 0.361 e. The number of hydrogen-bond acceptors (Lipinski definition) is 1. The summed E-state index contributed by atoms with van der Waals surface area (Å²) in [5.41, 5.74) is 3.82. The van der Waals surface area contributed by atoms with Crippen LogP contribution in [0.25, 0.3) is 0 Å². The van der Waals surface area contributed by atoms with Crippen molar-refractivity contribution in [2.75, 3.05) is 0 Å². The molecule has 2 aromatic rings. The lowest BCUT2D eigenvalue weighted by molar-refractivity contribution is 0.304. The average Bonchev–Trinajstić information content (AvgIpc) is 3.14. The zero-order valence-corrected chi connectivity index (χ0v) is 11.8. The lowest BCUT2D eigenvalue weighted by Gasteiger charge is -2.12. The van der Waals surface area contributed by atoms with E-state index in [9.17, 15) is 0 Å². The zero-order chi connectivity index (χ0) is 13.5. The molecule has 0 bridgehead atoms. The van der Waals surface area contributed by atoms with E-state index in [2.05, 4.69) is 69.3 Å². The highest BCUT2D eigenvalue weighted by Crippen LogP contribution is 2.52. The van der Waals surface area contributed by atoms with Crippen LogP contribution < -0.4 is 0 Å². The molecule has 2 aromatic carbocycles. The zero-order valence-electron chi connectivity index (χ0n) is 11.8. The summed E-state index contributed by atoms with van der Waals surface area (Å²) in [5, 5.41) is 0. The summed E-state index contributed by atoms with van der Waals surface area (Å²) in [6, 6.07) is 19.3. The fourth-order valence-electron chi connectivity index (χ4n) is 2.86. The van der Waals surface area contributed by atoms with E-state index in [1.165, 1.54) is 16.7 Å². The van der Waals surface area contributed by atoms with E-state index < -0.39 is 0 Å². The van der Waals surface area contributed by atoms with Gasteiger partial charge >= 0.3 is 0 Å². The molecule has 1 heteroatoms. The Bertz CT molecular complexity index is 558. The quantitative estimate of drug-likeness (QED) is 0.737. The van der Waals surface area contributed by atoms with Crippen LogP contribution in [0.1, 0.15) is 36.5 Å². The minimum Gasteiger partial charge on any atom is -0.361 e. The number of aryl methyl sites for hydroxylation is 1. The highest BCUT2D eigenvalue weighted by molar-refractivity contribution is 5.33. The van der Waals surface area contributed by atoms with Gasteiger partial charge in [0.25, 0.3) is 0 Å². The van der Waals surface area contributed by atoms with Crippen LogP contribution in [0.2, 0.25) is 0 Å². The SMILES string of the molecule is Cc1ccc(C(C)C2OC2(C)c2ccccc2)cc1. The molecule has 3 atom stereocenters. The summed E-state index contributed by atoms with van der Waals surface area (Å²) in [5.74, 6) is 0.422. The van der Waals surface area contributed by atoms with E-state index in [4.69, 9.17) is 4.74 Å². The van der Waals surface area contributed by atoms with Crippen molar-refractivity contribution < 1.29 is 4.74 Å². The van der Waals surface area contributed by atoms with Gasteiger partial charge in [0.1, 0.15) is 5.60 Å². The Balaban J connectivity index is 1.81. The summed E-state index contributed by atoms with van der Waals surface area (Å²) in [7, 11) is 0. The number of benzene rings is 2. The maximum absolute atomic E-state index is 6.04. The van der Waals surface area contributed by atoms with E-state index >= 15 is 0 Å². The summed E-state index contributed by atoms with van der Waals surface area (Å²) in [4.78, 5) is 0. The molecule has 3 unspecified atom stereocenters. The molecule has 0 aliphatic carbocycles. The molecule has 0 aromatic heterocycles. The van der Waals surface area contributed by atoms with Crippen LogP contribution >= 0.6 is 0 Å². The molecule has 0 radical (unpaired) electrons. The molecular formula is C18H20O. The molecule has 0 amide bonds. The fourth-order valence-corrected chi connectivity index (χ4v) is 2.86. The second-order valence-corrected chi connectivity index (χ2v) is 5.71. The van der Waals surface area contributed by atoms with E-state index in [1.807, 2.05) is 6.07 Å². The summed E-state index contributed by atoms with van der Waals surface area (Å²) >= 11 is 0. The van der Waals surface area contributed by atoms with Gasteiger partial charge in [-0.3, -0.25) is 0 Å². The van der Waals surface area contributed by atoms with Crippen LogP contribution in [0, 0.1) is 6.92 Å². The molecule has 0 N–H and O–H groups in total. The first kappa shape index (κ1) is 12.4. The van der Waals surface area contributed by atoms with Crippen molar-refractivity contribution in [3.05, 3.63) is 71.3 Å². The van der Waals surface area contributed by atoms with Gasteiger partial charge in [-0.25, -0.2) is 0 Å². The number of epoxide rings is 1. The minimum atomic E-state index is -0.119. The molecule has 1 nitrogen and oxygen atoms in total. The van der Waals surface area contributed by atoms with Gasteiger partial charge in [0.2, 0.25) is 0 Å². The Morgan fingerprint density at radius 1 is 1.00 bits per heavy atom. The second kappa shape index (κ2) is 4.50. The molecule has 1 aliphatic rings. The molecule has 1 aliphatic heterocycles. The molecule has 1 fully saturated rings. The Labute approximate surface area is 115 Å². The molecular weight excluding hydrogens is 232 g/mol. The second-order valence-electron chi connectivity index (χ2n) is 5.71. The smallest absolute Gasteiger partial charge is 0.118 e. The maximum atomic E-state index is 6.04. The van der Waals surface area contributed by atoms with Crippen molar-refractivity contribution in [1.29, 1.82) is 0 Å². The average molecular weight is 252 g/mol.